The molecule has 0 aliphatic heterocycles. The molecule has 0 saturated carbocycles. The first-order chi connectivity index (χ1) is 14.8. The van der Waals surface area contributed by atoms with Crippen LogP contribution in [-0.4, -0.2) is 20.1 Å². The summed E-state index contributed by atoms with van der Waals surface area (Å²) in [7, 11) is 0. The Labute approximate surface area is 175 Å². The SMILES string of the molecule is OCc1ccc2nn(C(c3ccccc3)(c3ccccc3)c3ccccc3)nc2c1. The van der Waals surface area contributed by atoms with Gasteiger partial charge in [0.25, 0.3) is 0 Å². The van der Waals surface area contributed by atoms with Crippen molar-refractivity contribution in [3.05, 3.63) is 131 Å². The third kappa shape index (κ3) is 2.90. The second kappa shape index (κ2) is 7.58. The van der Waals surface area contributed by atoms with Gasteiger partial charge in [-0.25, -0.2) is 0 Å². The number of hydrogen-bond acceptors (Lipinski definition) is 3. The predicted molar refractivity (Wildman–Crippen MR) is 118 cm³/mol. The third-order valence-electron chi connectivity index (χ3n) is 5.50. The van der Waals surface area contributed by atoms with Crippen LogP contribution in [0, 0.1) is 0 Å². The maximum atomic E-state index is 9.54. The molecule has 30 heavy (non-hydrogen) atoms. The highest BCUT2D eigenvalue weighted by Gasteiger charge is 2.40. The van der Waals surface area contributed by atoms with E-state index in [1.807, 2.05) is 77.6 Å². The lowest BCUT2D eigenvalue weighted by atomic mass is 9.77. The lowest BCUT2D eigenvalue weighted by molar-refractivity contribution is 0.282. The van der Waals surface area contributed by atoms with Crippen molar-refractivity contribution in [2.75, 3.05) is 0 Å². The lowest BCUT2D eigenvalue weighted by Crippen LogP contribution is -2.39. The standard InChI is InChI=1S/C26H21N3O/c30-19-20-16-17-24-25(18-20)28-29(27-24)26(21-10-4-1-5-11-21,22-12-6-2-7-13-22)23-14-8-3-9-15-23/h1-18,30H,19H2. The largest absolute Gasteiger partial charge is 0.392 e. The Bertz CT molecular complexity index is 1170. The first kappa shape index (κ1) is 18.3. The Morgan fingerprint density at radius 1 is 0.600 bits per heavy atom. The van der Waals surface area contributed by atoms with E-state index in [0.717, 1.165) is 33.3 Å². The number of benzene rings is 4. The second-order valence-electron chi connectivity index (χ2n) is 7.28. The number of hydrogen-bond donors (Lipinski definition) is 1. The fourth-order valence-corrected chi connectivity index (χ4v) is 4.09. The molecule has 0 amide bonds. The topological polar surface area (TPSA) is 50.9 Å². The molecule has 0 saturated heterocycles. The highest BCUT2D eigenvalue weighted by atomic mass is 16.3. The van der Waals surface area contributed by atoms with E-state index >= 15 is 0 Å². The van der Waals surface area contributed by atoms with Gasteiger partial charge in [0.05, 0.1) is 6.61 Å². The van der Waals surface area contributed by atoms with E-state index in [1.165, 1.54) is 0 Å². The van der Waals surface area contributed by atoms with E-state index in [-0.39, 0.29) is 6.61 Å². The zero-order chi connectivity index (χ0) is 20.4. The van der Waals surface area contributed by atoms with Crippen molar-refractivity contribution in [3.63, 3.8) is 0 Å². The molecule has 0 atom stereocenters. The minimum absolute atomic E-state index is 0.0238. The second-order valence-corrected chi connectivity index (χ2v) is 7.28. The molecule has 4 nitrogen and oxygen atoms in total. The molecule has 4 aromatic carbocycles. The summed E-state index contributed by atoms with van der Waals surface area (Å²) in [5.74, 6) is 0. The van der Waals surface area contributed by atoms with Crippen molar-refractivity contribution < 1.29 is 5.11 Å². The molecule has 0 aliphatic carbocycles. The lowest BCUT2D eigenvalue weighted by Gasteiger charge is -2.34. The predicted octanol–water partition coefficient (Wildman–Crippen LogP) is 4.76. The van der Waals surface area contributed by atoms with Gasteiger partial charge in [-0.2, -0.15) is 15.0 Å². The van der Waals surface area contributed by atoms with E-state index in [4.69, 9.17) is 10.2 Å². The van der Waals surface area contributed by atoms with Gasteiger partial charge < -0.3 is 5.11 Å². The van der Waals surface area contributed by atoms with Crippen molar-refractivity contribution >= 4 is 11.0 Å². The van der Waals surface area contributed by atoms with Crippen molar-refractivity contribution in [1.29, 1.82) is 0 Å². The molecule has 1 aromatic heterocycles. The number of fused-ring (bicyclic) bond motifs is 1. The van der Waals surface area contributed by atoms with Crippen LogP contribution in [0.5, 0.6) is 0 Å². The van der Waals surface area contributed by atoms with Gasteiger partial charge in [-0.05, 0) is 34.4 Å². The minimum atomic E-state index is -0.734. The number of nitrogens with zero attached hydrogens (tertiary/aromatic N) is 3. The van der Waals surface area contributed by atoms with Crippen molar-refractivity contribution in [2.24, 2.45) is 0 Å². The summed E-state index contributed by atoms with van der Waals surface area (Å²) in [6, 6.07) is 36.7. The van der Waals surface area contributed by atoms with Crippen molar-refractivity contribution in [2.45, 2.75) is 12.1 Å². The molecule has 0 fully saturated rings. The number of rotatable bonds is 5. The average molecular weight is 391 g/mol. The van der Waals surface area contributed by atoms with Gasteiger partial charge in [0.1, 0.15) is 11.0 Å². The van der Waals surface area contributed by atoms with Gasteiger partial charge in [0.15, 0.2) is 5.54 Å². The maximum absolute atomic E-state index is 9.54. The van der Waals surface area contributed by atoms with Crippen LogP contribution < -0.4 is 0 Å². The molecule has 0 radical (unpaired) electrons. The van der Waals surface area contributed by atoms with Gasteiger partial charge in [-0.1, -0.05) is 97.1 Å². The highest BCUT2D eigenvalue weighted by molar-refractivity contribution is 5.74. The van der Waals surface area contributed by atoms with Gasteiger partial charge in [-0.3, -0.25) is 0 Å². The third-order valence-corrected chi connectivity index (χ3v) is 5.50. The molecule has 5 aromatic rings. The monoisotopic (exact) mass is 391 g/mol. The zero-order valence-corrected chi connectivity index (χ0v) is 16.4. The molecule has 0 unspecified atom stereocenters. The fourth-order valence-electron chi connectivity index (χ4n) is 4.09. The van der Waals surface area contributed by atoms with Gasteiger partial charge in [0, 0.05) is 0 Å². The molecular formula is C26H21N3O. The summed E-state index contributed by atoms with van der Waals surface area (Å²) >= 11 is 0. The zero-order valence-electron chi connectivity index (χ0n) is 16.4. The highest BCUT2D eigenvalue weighted by Crippen LogP contribution is 2.40. The van der Waals surface area contributed by atoms with E-state index in [1.54, 1.807) is 0 Å². The van der Waals surface area contributed by atoms with Crippen LogP contribution in [0.1, 0.15) is 22.3 Å². The Morgan fingerprint density at radius 2 is 1.07 bits per heavy atom. The minimum Gasteiger partial charge on any atom is -0.392 e. The molecular weight excluding hydrogens is 370 g/mol. The summed E-state index contributed by atoms with van der Waals surface area (Å²) in [5, 5.41) is 19.4. The molecule has 0 aliphatic rings. The Kier molecular flexibility index (Phi) is 4.62. The van der Waals surface area contributed by atoms with E-state index in [2.05, 4.69) is 36.4 Å². The summed E-state index contributed by atoms with van der Waals surface area (Å²) < 4.78 is 0. The normalized spacial score (nSPS) is 11.6. The van der Waals surface area contributed by atoms with Crippen LogP contribution in [0.2, 0.25) is 0 Å². The maximum Gasteiger partial charge on any atom is 0.157 e. The Hall–Kier alpha value is -3.76. The molecule has 5 rings (SSSR count). The van der Waals surface area contributed by atoms with Crippen LogP contribution in [0.25, 0.3) is 11.0 Å². The van der Waals surface area contributed by atoms with Crippen molar-refractivity contribution in [3.8, 4) is 0 Å². The van der Waals surface area contributed by atoms with Crippen LogP contribution in [0.4, 0.5) is 0 Å². The summed E-state index contributed by atoms with van der Waals surface area (Å²) in [4.78, 5) is 1.82. The number of aromatic nitrogens is 3. The van der Waals surface area contributed by atoms with Gasteiger partial charge in [0.2, 0.25) is 0 Å². The fraction of sp³-hybridized carbons (Fsp3) is 0.0769. The smallest absolute Gasteiger partial charge is 0.157 e. The Balaban J connectivity index is 1.89. The van der Waals surface area contributed by atoms with Crippen LogP contribution >= 0.6 is 0 Å². The summed E-state index contributed by atoms with van der Waals surface area (Å²) in [5.41, 5.74) is 4.86. The number of aliphatic hydroxyl groups is 1. The van der Waals surface area contributed by atoms with Gasteiger partial charge in [-0.15, -0.1) is 0 Å². The first-order valence-corrected chi connectivity index (χ1v) is 9.96. The first-order valence-electron chi connectivity index (χ1n) is 9.96. The van der Waals surface area contributed by atoms with E-state index in [0.29, 0.717) is 0 Å². The summed E-state index contributed by atoms with van der Waals surface area (Å²) in [6.07, 6.45) is 0. The molecule has 4 heteroatoms. The quantitative estimate of drug-likeness (QED) is 0.439. The molecule has 1 N–H and O–H groups in total. The summed E-state index contributed by atoms with van der Waals surface area (Å²) in [6.45, 7) is -0.0238. The Morgan fingerprint density at radius 3 is 1.53 bits per heavy atom. The molecule has 0 spiro atoms. The van der Waals surface area contributed by atoms with Crippen LogP contribution in [0.15, 0.2) is 109 Å². The molecule has 1 heterocycles. The average Bonchev–Trinajstić information content (AvgIpc) is 3.25. The molecule has 0 bridgehead atoms. The van der Waals surface area contributed by atoms with E-state index < -0.39 is 5.54 Å². The van der Waals surface area contributed by atoms with E-state index in [9.17, 15) is 5.11 Å². The van der Waals surface area contributed by atoms with Crippen LogP contribution in [0.3, 0.4) is 0 Å². The van der Waals surface area contributed by atoms with Crippen LogP contribution in [-0.2, 0) is 12.1 Å². The number of aliphatic hydroxyl groups excluding tert-OH is 1. The van der Waals surface area contributed by atoms with Gasteiger partial charge >= 0.3 is 0 Å². The molecule has 146 valence electrons. The van der Waals surface area contributed by atoms with Crippen molar-refractivity contribution in [1.82, 2.24) is 15.0 Å².